The highest BCUT2D eigenvalue weighted by Crippen LogP contribution is 2.23. The third-order valence-corrected chi connectivity index (χ3v) is 3.67. The number of aliphatic hydroxyl groups is 3. The molecule has 0 spiro atoms. The molecule has 0 amide bonds. The first-order chi connectivity index (χ1) is 8.67. The lowest BCUT2D eigenvalue weighted by Crippen LogP contribution is -2.36. The first-order valence-corrected chi connectivity index (χ1v) is 7.64. The van der Waals surface area contributed by atoms with E-state index in [9.17, 15) is 10.2 Å². The number of aliphatic hydroxyl groups excluding tert-OH is 3. The Morgan fingerprint density at radius 1 is 0.778 bits per heavy atom. The van der Waals surface area contributed by atoms with Gasteiger partial charge in [0.2, 0.25) is 0 Å². The fourth-order valence-electron chi connectivity index (χ4n) is 2.40. The van der Waals surface area contributed by atoms with Crippen molar-refractivity contribution in [2.45, 2.75) is 83.8 Å². The van der Waals surface area contributed by atoms with Gasteiger partial charge in [0.15, 0.2) is 0 Å². The van der Waals surface area contributed by atoms with Crippen LogP contribution in [0, 0.1) is 5.92 Å². The highest BCUT2D eigenvalue weighted by molar-refractivity contribution is 4.75. The average molecular weight is 260 g/mol. The minimum Gasteiger partial charge on any atom is -0.394 e. The van der Waals surface area contributed by atoms with Crippen LogP contribution < -0.4 is 0 Å². The van der Waals surface area contributed by atoms with E-state index in [0.717, 1.165) is 25.7 Å². The molecule has 0 aliphatic carbocycles. The molecule has 3 unspecified atom stereocenters. The van der Waals surface area contributed by atoms with E-state index in [1.807, 2.05) is 0 Å². The van der Waals surface area contributed by atoms with E-state index in [0.29, 0.717) is 0 Å². The van der Waals surface area contributed by atoms with Crippen molar-refractivity contribution in [2.24, 2.45) is 5.92 Å². The smallest absolute Gasteiger partial charge is 0.103 e. The van der Waals surface area contributed by atoms with Gasteiger partial charge < -0.3 is 15.3 Å². The second-order valence-corrected chi connectivity index (χ2v) is 5.35. The summed E-state index contributed by atoms with van der Waals surface area (Å²) in [6.07, 6.45) is 8.36. The van der Waals surface area contributed by atoms with Crippen molar-refractivity contribution in [3.05, 3.63) is 0 Å². The van der Waals surface area contributed by atoms with Crippen LogP contribution in [0.3, 0.4) is 0 Å². The molecule has 0 bridgehead atoms. The van der Waals surface area contributed by atoms with Crippen molar-refractivity contribution < 1.29 is 15.3 Å². The van der Waals surface area contributed by atoms with Crippen molar-refractivity contribution in [3.8, 4) is 0 Å². The van der Waals surface area contributed by atoms with Crippen LogP contribution in [-0.2, 0) is 0 Å². The Labute approximate surface area is 112 Å². The predicted molar refractivity (Wildman–Crippen MR) is 75.5 cm³/mol. The first kappa shape index (κ1) is 17.9. The molecular formula is C15H32O3. The molecular weight excluding hydrogens is 228 g/mol. The Hall–Kier alpha value is -0.120. The van der Waals surface area contributed by atoms with Crippen LogP contribution >= 0.6 is 0 Å². The molecule has 3 heteroatoms. The minimum absolute atomic E-state index is 0.135. The SMILES string of the molecule is CCCCCCC(CCCCC)C(O)C(O)CO. The molecule has 0 fully saturated rings. The van der Waals surface area contributed by atoms with Gasteiger partial charge in [0.25, 0.3) is 0 Å². The van der Waals surface area contributed by atoms with Gasteiger partial charge in [-0.25, -0.2) is 0 Å². The molecule has 0 rings (SSSR count). The van der Waals surface area contributed by atoms with E-state index in [-0.39, 0.29) is 12.5 Å². The third kappa shape index (κ3) is 8.06. The second kappa shape index (κ2) is 11.9. The van der Waals surface area contributed by atoms with E-state index in [1.54, 1.807) is 0 Å². The van der Waals surface area contributed by atoms with Gasteiger partial charge in [-0.2, -0.15) is 0 Å². The lowest BCUT2D eigenvalue weighted by Gasteiger charge is -2.26. The maximum atomic E-state index is 10.0. The summed E-state index contributed by atoms with van der Waals surface area (Å²) in [5, 5.41) is 28.5. The lowest BCUT2D eigenvalue weighted by atomic mass is 9.87. The van der Waals surface area contributed by atoms with Gasteiger partial charge in [0, 0.05) is 0 Å². The van der Waals surface area contributed by atoms with E-state index in [1.165, 1.54) is 32.1 Å². The maximum Gasteiger partial charge on any atom is 0.103 e. The predicted octanol–water partition coefficient (Wildman–Crippen LogP) is 2.87. The topological polar surface area (TPSA) is 60.7 Å². The molecule has 0 aromatic heterocycles. The Morgan fingerprint density at radius 3 is 1.78 bits per heavy atom. The monoisotopic (exact) mass is 260 g/mol. The molecule has 0 aromatic carbocycles. The van der Waals surface area contributed by atoms with E-state index in [4.69, 9.17) is 5.11 Å². The number of rotatable bonds is 12. The molecule has 3 N–H and O–H groups in total. The third-order valence-electron chi connectivity index (χ3n) is 3.67. The Bertz CT molecular complexity index is 173. The number of unbranched alkanes of at least 4 members (excludes halogenated alkanes) is 5. The highest BCUT2D eigenvalue weighted by Gasteiger charge is 2.24. The zero-order chi connectivity index (χ0) is 13.8. The molecule has 3 atom stereocenters. The van der Waals surface area contributed by atoms with Crippen molar-refractivity contribution in [2.75, 3.05) is 6.61 Å². The Kier molecular flexibility index (Phi) is 11.9. The zero-order valence-corrected chi connectivity index (χ0v) is 12.1. The van der Waals surface area contributed by atoms with Gasteiger partial charge >= 0.3 is 0 Å². The largest absolute Gasteiger partial charge is 0.394 e. The summed E-state index contributed by atoms with van der Waals surface area (Å²) >= 11 is 0. The van der Waals surface area contributed by atoms with Crippen LogP contribution in [0.2, 0.25) is 0 Å². The Balaban J connectivity index is 4.05. The van der Waals surface area contributed by atoms with Crippen molar-refractivity contribution in [3.63, 3.8) is 0 Å². The van der Waals surface area contributed by atoms with Crippen LogP contribution in [0.25, 0.3) is 0 Å². The summed E-state index contributed by atoms with van der Waals surface area (Å²) in [5.41, 5.74) is 0. The maximum absolute atomic E-state index is 10.0. The van der Waals surface area contributed by atoms with E-state index in [2.05, 4.69) is 13.8 Å². The van der Waals surface area contributed by atoms with Crippen molar-refractivity contribution in [1.82, 2.24) is 0 Å². The summed E-state index contributed by atoms with van der Waals surface area (Å²) in [6.45, 7) is 4.00. The van der Waals surface area contributed by atoms with Crippen molar-refractivity contribution in [1.29, 1.82) is 0 Å². The lowest BCUT2D eigenvalue weighted by molar-refractivity contribution is -0.0475. The standard InChI is InChI=1S/C15H32O3/c1-3-5-7-9-11-13(10-8-6-4-2)15(18)14(17)12-16/h13-18H,3-12H2,1-2H3. The number of hydrogen-bond donors (Lipinski definition) is 3. The summed E-state index contributed by atoms with van der Waals surface area (Å²) in [5.74, 6) is 0.135. The summed E-state index contributed by atoms with van der Waals surface area (Å²) in [4.78, 5) is 0. The zero-order valence-electron chi connectivity index (χ0n) is 12.1. The van der Waals surface area contributed by atoms with Crippen molar-refractivity contribution >= 4 is 0 Å². The Morgan fingerprint density at radius 2 is 1.28 bits per heavy atom. The summed E-state index contributed by atoms with van der Waals surface area (Å²) in [7, 11) is 0. The highest BCUT2D eigenvalue weighted by atomic mass is 16.4. The molecule has 0 radical (unpaired) electrons. The molecule has 0 aliphatic rings. The van der Waals surface area contributed by atoms with Crippen LogP contribution in [0.4, 0.5) is 0 Å². The molecule has 3 nitrogen and oxygen atoms in total. The first-order valence-electron chi connectivity index (χ1n) is 7.64. The second-order valence-electron chi connectivity index (χ2n) is 5.35. The van der Waals surface area contributed by atoms with Crippen LogP contribution in [0.5, 0.6) is 0 Å². The summed E-state index contributed by atoms with van der Waals surface area (Å²) in [6, 6.07) is 0. The van der Waals surface area contributed by atoms with Gasteiger partial charge in [0.05, 0.1) is 12.7 Å². The van der Waals surface area contributed by atoms with Gasteiger partial charge in [0.1, 0.15) is 6.10 Å². The van der Waals surface area contributed by atoms with Crippen LogP contribution in [-0.4, -0.2) is 34.1 Å². The molecule has 0 saturated heterocycles. The fraction of sp³-hybridized carbons (Fsp3) is 1.00. The minimum atomic E-state index is -0.984. The molecule has 18 heavy (non-hydrogen) atoms. The van der Waals surface area contributed by atoms with Gasteiger partial charge in [-0.1, -0.05) is 58.8 Å². The van der Waals surface area contributed by atoms with E-state index >= 15 is 0 Å². The molecule has 0 heterocycles. The van der Waals surface area contributed by atoms with Crippen LogP contribution in [0.1, 0.15) is 71.6 Å². The normalized spacial score (nSPS) is 16.5. The molecule has 0 aliphatic heterocycles. The average Bonchev–Trinajstić information content (AvgIpc) is 2.40. The van der Waals surface area contributed by atoms with Gasteiger partial charge in [-0.3, -0.25) is 0 Å². The summed E-state index contributed by atoms with van der Waals surface area (Å²) < 4.78 is 0. The van der Waals surface area contributed by atoms with E-state index < -0.39 is 12.2 Å². The fourth-order valence-corrected chi connectivity index (χ4v) is 2.40. The molecule has 0 saturated carbocycles. The quantitative estimate of drug-likeness (QED) is 0.473. The van der Waals surface area contributed by atoms with Gasteiger partial charge in [-0.15, -0.1) is 0 Å². The number of hydrogen-bond acceptors (Lipinski definition) is 3. The molecule has 0 aromatic rings. The van der Waals surface area contributed by atoms with Gasteiger partial charge in [-0.05, 0) is 18.8 Å². The molecule has 110 valence electrons. The van der Waals surface area contributed by atoms with Crippen LogP contribution in [0.15, 0.2) is 0 Å².